The average Bonchev–Trinajstić information content (AvgIpc) is 3.11. The molecule has 0 aliphatic heterocycles. The van der Waals surface area contributed by atoms with E-state index in [2.05, 4.69) is 29.8 Å². The molecule has 2 heteroatoms. The summed E-state index contributed by atoms with van der Waals surface area (Å²) < 4.78 is 0. The second-order valence-corrected chi connectivity index (χ2v) is 6.85. The number of nitrogens with one attached hydrogen (secondary N) is 1. The highest BCUT2D eigenvalue weighted by molar-refractivity contribution is 7.12. The molecule has 0 bridgehead atoms. The third-order valence-electron chi connectivity index (χ3n) is 4.22. The fourth-order valence-corrected chi connectivity index (χ4v) is 4.31. The maximum Gasteiger partial charge on any atom is 0.0415 e. The van der Waals surface area contributed by atoms with Crippen LogP contribution in [-0.2, 0) is 12.8 Å². The van der Waals surface area contributed by atoms with Crippen LogP contribution in [0.4, 0.5) is 0 Å². The molecule has 2 aliphatic rings. The minimum absolute atomic E-state index is 0.624. The van der Waals surface area contributed by atoms with Gasteiger partial charge in [-0.05, 0) is 56.7 Å². The first-order valence-corrected chi connectivity index (χ1v) is 7.97. The van der Waals surface area contributed by atoms with E-state index in [9.17, 15) is 0 Å². The van der Waals surface area contributed by atoms with Gasteiger partial charge in [-0.15, -0.1) is 11.3 Å². The van der Waals surface area contributed by atoms with Crippen molar-refractivity contribution in [3.05, 3.63) is 21.4 Å². The van der Waals surface area contributed by atoms with Gasteiger partial charge in [0.05, 0.1) is 0 Å². The molecule has 0 saturated heterocycles. The Morgan fingerprint density at radius 3 is 2.88 bits per heavy atom. The maximum atomic E-state index is 3.52. The Morgan fingerprint density at radius 2 is 2.12 bits per heavy atom. The third-order valence-corrected chi connectivity index (χ3v) is 5.57. The lowest BCUT2D eigenvalue weighted by Crippen LogP contribution is -2.15. The summed E-state index contributed by atoms with van der Waals surface area (Å²) in [6, 6.07) is 3.13. The van der Waals surface area contributed by atoms with Crippen molar-refractivity contribution in [3.8, 4) is 0 Å². The first-order chi connectivity index (χ1) is 8.36. The molecule has 1 atom stereocenters. The Labute approximate surface area is 109 Å². The zero-order valence-corrected chi connectivity index (χ0v) is 11.6. The highest BCUT2D eigenvalue weighted by Crippen LogP contribution is 2.40. The summed E-state index contributed by atoms with van der Waals surface area (Å²) in [6.07, 6.45) is 11.2. The third kappa shape index (κ3) is 2.74. The normalized spacial score (nSPS) is 21.9. The van der Waals surface area contributed by atoms with Crippen LogP contribution >= 0.6 is 11.3 Å². The number of hydrogen-bond acceptors (Lipinski definition) is 2. The van der Waals surface area contributed by atoms with E-state index in [1.807, 2.05) is 0 Å². The van der Waals surface area contributed by atoms with Crippen molar-refractivity contribution >= 4 is 11.3 Å². The summed E-state index contributed by atoms with van der Waals surface area (Å²) in [5.74, 6) is 1.01. The number of fused-ring (bicyclic) bond motifs is 1. The Bertz CT molecular complexity index is 355. The molecule has 3 rings (SSSR count). The first-order valence-electron chi connectivity index (χ1n) is 7.15. The van der Waals surface area contributed by atoms with Gasteiger partial charge in [-0.3, -0.25) is 0 Å². The quantitative estimate of drug-likeness (QED) is 0.793. The maximum absolute atomic E-state index is 3.52. The summed E-state index contributed by atoms with van der Waals surface area (Å²) in [5, 5.41) is 3.52. The Balaban J connectivity index is 1.76. The first kappa shape index (κ1) is 11.7. The van der Waals surface area contributed by atoms with E-state index in [0.29, 0.717) is 6.04 Å². The van der Waals surface area contributed by atoms with Crippen LogP contribution in [0, 0.1) is 5.92 Å². The van der Waals surface area contributed by atoms with E-state index in [1.54, 1.807) is 15.3 Å². The molecule has 0 amide bonds. The van der Waals surface area contributed by atoms with Crippen molar-refractivity contribution in [2.75, 3.05) is 7.05 Å². The molecule has 1 saturated carbocycles. The molecular weight excluding hydrogens is 226 g/mol. The smallest absolute Gasteiger partial charge is 0.0415 e. The van der Waals surface area contributed by atoms with Crippen LogP contribution in [0.1, 0.15) is 59.9 Å². The van der Waals surface area contributed by atoms with Crippen LogP contribution in [-0.4, -0.2) is 7.05 Å². The number of thiophene rings is 1. The van der Waals surface area contributed by atoms with Crippen molar-refractivity contribution in [2.45, 2.75) is 57.4 Å². The minimum Gasteiger partial charge on any atom is -0.312 e. The summed E-state index contributed by atoms with van der Waals surface area (Å²) in [5.41, 5.74) is 1.67. The molecular formula is C15H23NS. The lowest BCUT2D eigenvalue weighted by atomic mass is 10.1. The van der Waals surface area contributed by atoms with Crippen molar-refractivity contribution in [2.24, 2.45) is 5.92 Å². The van der Waals surface area contributed by atoms with Crippen molar-refractivity contribution in [1.82, 2.24) is 5.32 Å². The van der Waals surface area contributed by atoms with Crippen LogP contribution < -0.4 is 5.32 Å². The summed E-state index contributed by atoms with van der Waals surface area (Å²) in [4.78, 5) is 3.29. The zero-order chi connectivity index (χ0) is 11.7. The van der Waals surface area contributed by atoms with E-state index in [0.717, 1.165) is 5.92 Å². The fraction of sp³-hybridized carbons (Fsp3) is 0.733. The van der Waals surface area contributed by atoms with Gasteiger partial charge < -0.3 is 5.32 Å². The van der Waals surface area contributed by atoms with Gasteiger partial charge in [0.25, 0.3) is 0 Å². The molecule has 1 heterocycles. The van der Waals surface area contributed by atoms with Gasteiger partial charge in [0, 0.05) is 15.8 Å². The van der Waals surface area contributed by atoms with Crippen LogP contribution in [0.3, 0.4) is 0 Å². The lowest BCUT2D eigenvalue weighted by molar-refractivity contribution is 0.521. The second-order valence-electron chi connectivity index (χ2n) is 5.68. The molecule has 17 heavy (non-hydrogen) atoms. The lowest BCUT2D eigenvalue weighted by Gasteiger charge is -2.13. The number of aryl methyl sites for hydroxylation is 2. The number of rotatable bonds is 4. The van der Waals surface area contributed by atoms with Crippen LogP contribution in [0.25, 0.3) is 0 Å². The van der Waals surface area contributed by atoms with Crippen molar-refractivity contribution in [3.63, 3.8) is 0 Å². The van der Waals surface area contributed by atoms with Gasteiger partial charge in [0.1, 0.15) is 0 Å². The average molecular weight is 249 g/mol. The number of hydrogen-bond donors (Lipinski definition) is 1. The standard InChI is InChI=1S/C15H23NS/c1-16-13(9-11-7-8-11)15-10-12-5-3-2-4-6-14(12)17-15/h10-11,13,16H,2-9H2,1H3. The van der Waals surface area contributed by atoms with Crippen LogP contribution in [0.5, 0.6) is 0 Å². The Kier molecular flexibility index (Phi) is 3.53. The minimum atomic E-state index is 0.624. The predicted octanol–water partition coefficient (Wildman–Crippen LogP) is 4.08. The van der Waals surface area contributed by atoms with E-state index in [4.69, 9.17) is 0 Å². The van der Waals surface area contributed by atoms with Gasteiger partial charge in [-0.2, -0.15) is 0 Å². The molecule has 1 aromatic rings. The van der Waals surface area contributed by atoms with Crippen LogP contribution in [0.2, 0.25) is 0 Å². The molecule has 1 fully saturated rings. The molecule has 1 nitrogen and oxygen atoms in total. The Hall–Kier alpha value is -0.340. The SMILES string of the molecule is CNC(CC1CC1)c1cc2c(s1)CCCCC2. The topological polar surface area (TPSA) is 12.0 Å². The summed E-state index contributed by atoms with van der Waals surface area (Å²) in [6.45, 7) is 0. The fourth-order valence-electron chi connectivity index (χ4n) is 2.93. The Morgan fingerprint density at radius 1 is 1.29 bits per heavy atom. The molecule has 2 aliphatic carbocycles. The van der Waals surface area contributed by atoms with E-state index in [-0.39, 0.29) is 0 Å². The van der Waals surface area contributed by atoms with Crippen LogP contribution in [0.15, 0.2) is 6.07 Å². The highest BCUT2D eigenvalue weighted by Gasteiger charge is 2.27. The van der Waals surface area contributed by atoms with E-state index < -0.39 is 0 Å². The zero-order valence-electron chi connectivity index (χ0n) is 10.8. The second kappa shape index (κ2) is 5.11. The molecule has 0 spiro atoms. The molecule has 0 aromatic carbocycles. The van der Waals surface area contributed by atoms with E-state index in [1.165, 1.54) is 51.4 Å². The van der Waals surface area contributed by atoms with E-state index >= 15 is 0 Å². The summed E-state index contributed by atoms with van der Waals surface area (Å²) in [7, 11) is 2.12. The highest BCUT2D eigenvalue weighted by atomic mass is 32.1. The molecule has 1 N–H and O–H groups in total. The molecule has 0 radical (unpaired) electrons. The molecule has 94 valence electrons. The van der Waals surface area contributed by atoms with Gasteiger partial charge in [0.15, 0.2) is 0 Å². The summed E-state index contributed by atoms with van der Waals surface area (Å²) >= 11 is 2.09. The molecule has 1 aromatic heterocycles. The largest absolute Gasteiger partial charge is 0.312 e. The predicted molar refractivity (Wildman–Crippen MR) is 74.7 cm³/mol. The van der Waals surface area contributed by atoms with Gasteiger partial charge in [-0.1, -0.05) is 19.3 Å². The van der Waals surface area contributed by atoms with Gasteiger partial charge in [-0.25, -0.2) is 0 Å². The molecule has 1 unspecified atom stereocenters. The van der Waals surface area contributed by atoms with Gasteiger partial charge in [0.2, 0.25) is 0 Å². The van der Waals surface area contributed by atoms with Gasteiger partial charge >= 0.3 is 0 Å². The monoisotopic (exact) mass is 249 g/mol. The van der Waals surface area contributed by atoms with Crippen molar-refractivity contribution < 1.29 is 0 Å². The van der Waals surface area contributed by atoms with Crippen molar-refractivity contribution in [1.29, 1.82) is 0 Å².